The number of piperidine rings is 1. The molecule has 2 aliphatic rings. The second-order valence-electron chi connectivity index (χ2n) is 9.22. The van der Waals surface area contributed by atoms with Crippen molar-refractivity contribution in [2.75, 3.05) is 36.4 Å². The number of benzene rings is 1. The van der Waals surface area contributed by atoms with Crippen molar-refractivity contribution < 1.29 is 9.59 Å². The van der Waals surface area contributed by atoms with Crippen molar-refractivity contribution in [3.63, 3.8) is 0 Å². The maximum atomic E-state index is 12.9. The first-order chi connectivity index (χ1) is 13.4. The van der Waals surface area contributed by atoms with Crippen LogP contribution in [0.4, 0.5) is 11.4 Å². The van der Waals surface area contributed by atoms with Gasteiger partial charge in [0.05, 0.1) is 11.4 Å². The van der Waals surface area contributed by atoms with Crippen LogP contribution in [0.2, 0.25) is 0 Å². The normalized spacial score (nSPS) is 19.2. The molecule has 2 heterocycles. The molecule has 1 N–H and O–H groups in total. The lowest BCUT2D eigenvalue weighted by Crippen LogP contribution is -2.45. The minimum atomic E-state index is -0.360. The molecule has 0 bridgehead atoms. The minimum absolute atomic E-state index is 0.0267. The van der Waals surface area contributed by atoms with E-state index >= 15 is 0 Å². The van der Waals surface area contributed by atoms with E-state index in [0.29, 0.717) is 13.1 Å². The lowest BCUT2D eigenvalue weighted by molar-refractivity contribution is -0.142. The van der Waals surface area contributed by atoms with Crippen molar-refractivity contribution in [1.82, 2.24) is 4.90 Å². The molecule has 3 rings (SSSR count). The van der Waals surface area contributed by atoms with E-state index in [1.807, 2.05) is 43.9 Å². The number of carbonyl (C=O) groups excluding carboxylic acids is 2. The molecule has 2 aliphatic heterocycles. The largest absolute Gasteiger partial charge is 0.370 e. The summed E-state index contributed by atoms with van der Waals surface area (Å²) in [7, 11) is 0. The Kier molecular flexibility index (Phi) is 6.63. The van der Waals surface area contributed by atoms with Crippen LogP contribution in [0.1, 0.15) is 59.3 Å². The van der Waals surface area contributed by atoms with Gasteiger partial charge in [-0.2, -0.15) is 0 Å². The molecule has 5 heteroatoms. The summed E-state index contributed by atoms with van der Waals surface area (Å²) in [5.41, 5.74) is 1.70. The second-order valence-corrected chi connectivity index (χ2v) is 9.22. The molecule has 2 fully saturated rings. The van der Waals surface area contributed by atoms with Gasteiger partial charge in [-0.1, -0.05) is 45.7 Å². The Morgan fingerprint density at radius 2 is 1.54 bits per heavy atom. The van der Waals surface area contributed by atoms with E-state index in [-0.39, 0.29) is 23.1 Å². The van der Waals surface area contributed by atoms with E-state index in [0.717, 1.165) is 37.3 Å². The van der Waals surface area contributed by atoms with E-state index in [1.165, 1.54) is 25.7 Å². The van der Waals surface area contributed by atoms with E-state index in [2.05, 4.69) is 16.3 Å². The minimum Gasteiger partial charge on any atom is -0.370 e. The smallest absolute Gasteiger partial charge is 0.227 e. The van der Waals surface area contributed by atoms with Crippen LogP contribution in [0.15, 0.2) is 24.3 Å². The number of hydrogen-bond acceptors (Lipinski definition) is 3. The Morgan fingerprint density at radius 3 is 2.14 bits per heavy atom. The third kappa shape index (κ3) is 5.06. The standard InChI is InChI=1S/C23H35N3O2/c1-23(2,3)22(28)26-16-12-18(13-17-26)21(27)24-19-10-6-7-11-20(19)25-14-8-4-5-9-15-25/h6-7,10-11,18H,4-5,8-9,12-17H2,1-3H3,(H,24,27). The van der Waals surface area contributed by atoms with Gasteiger partial charge >= 0.3 is 0 Å². The van der Waals surface area contributed by atoms with Crippen LogP contribution in [0, 0.1) is 11.3 Å². The number of carbonyl (C=O) groups is 2. The van der Waals surface area contributed by atoms with Crippen LogP contribution in [0.25, 0.3) is 0 Å². The average molecular weight is 386 g/mol. The molecular formula is C23H35N3O2. The highest BCUT2D eigenvalue weighted by Gasteiger charge is 2.32. The summed E-state index contributed by atoms with van der Waals surface area (Å²) in [6, 6.07) is 8.16. The number of hydrogen-bond donors (Lipinski definition) is 1. The Morgan fingerprint density at radius 1 is 0.929 bits per heavy atom. The molecule has 0 saturated carbocycles. The van der Waals surface area contributed by atoms with Gasteiger partial charge in [-0.15, -0.1) is 0 Å². The Hall–Kier alpha value is -2.04. The van der Waals surface area contributed by atoms with Crippen molar-refractivity contribution in [2.45, 2.75) is 59.3 Å². The van der Waals surface area contributed by atoms with E-state index in [1.54, 1.807) is 0 Å². The highest BCUT2D eigenvalue weighted by molar-refractivity contribution is 5.96. The van der Waals surface area contributed by atoms with Crippen molar-refractivity contribution >= 4 is 23.2 Å². The van der Waals surface area contributed by atoms with E-state index in [4.69, 9.17) is 0 Å². The summed E-state index contributed by atoms with van der Waals surface area (Å²) in [5, 5.41) is 3.19. The molecule has 5 nitrogen and oxygen atoms in total. The zero-order valence-corrected chi connectivity index (χ0v) is 17.7. The first kappa shape index (κ1) is 20.7. The number of para-hydroxylation sites is 2. The monoisotopic (exact) mass is 385 g/mol. The Balaban J connectivity index is 1.61. The maximum absolute atomic E-state index is 12.9. The summed E-state index contributed by atoms with van der Waals surface area (Å²) in [6.45, 7) is 9.31. The summed E-state index contributed by atoms with van der Waals surface area (Å²) in [5.74, 6) is 0.240. The molecule has 2 amide bonds. The first-order valence-electron chi connectivity index (χ1n) is 10.8. The Bertz CT molecular complexity index is 679. The number of anilines is 2. The first-order valence-corrected chi connectivity index (χ1v) is 10.8. The van der Waals surface area contributed by atoms with Crippen LogP contribution in [0.3, 0.4) is 0 Å². The lowest BCUT2D eigenvalue weighted by atomic mass is 9.90. The zero-order chi connectivity index (χ0) is 20.1. The summed E-state index contributed by atoms with van der Waals surface area (Å²) in [4.78, 5) is 29.7. The van der Waals surface area contributed by atoms with Gasteiger partial charge in [0.2, 0.25) is 11.8 Å². The third-order valence-corrected chi connectivity index (χ3v) is 5.90. The number of rotatable bonds is 3. The SMILES string of the molecule is CC(C)(C)C(=O)N1CCC(C(=O)Nc2ccccc2N2CCCCCC2)CC1. The summed E-state index contributed by atoms with van der Waals surface area (Å²) < 4.78 is 0. The second kappa shape index (κ2) is 8.97. The molecule has 0 radical (unpaired) electrons. The zero-order valence-electron chi connectivity index (χ0n) is 17.7. The molecule has 0 unspecified atom stereocenters. The number of amides is 2. The highest BCUT2D eigenvalue weighted by atomic mass is 16.2. The van der Waals surface area contributed by atoms with Crippen molar-refractivity contribution in [3.05, 3.63) is 24.3 Å². The van der Waals surface area contributed by atoms with Gasteiger partial charge in [-0.05, 0) is 37.8 Å². The predicted molar refractivity (Wildman–Crippen MR) is 115 cm³/mol. The fourth-order valence-electron chi connectivity index (χ4n) is 4.22. The summed E-state index contributed by atoms with van der Waals surface area (Å²) >= 11 is 0. The predicted octanol–water partition coefficient (Wildman–Crippen LogP) is 4.29. The molecule has 0 atom stereocenters. The fraction of sp³-hybridized carbons (Fsp3) is 0.652. The quantitative estimate of drug-likeness (QED) is 0.844. The van der Waals surface area contributed by atoms with Gasteiger partial charge < -0.3 is 15.1 Å². The molecule has 2 saturated heterocycles. The van der Waals surface area contributed by atoms with Gasteiger partial charge in [0.25, 0.3) is 0 Å². The molecule has 28 heavy (non-hydrogen) atoms. The number of nitrogens with one attached hydrogen (secondary N) is 1. The van der Waals surface area contributed by atoms with Crippen molar-refractivity contribution in [3.8, 4) is 0 Å². The van der Waals surface area contributed by atoms with E-state index in [9.17, 15) is 9.59 Å². The summed E-state index contributed by atoms with van der Waals surface area (Å²) in [6.07, 6.45) is 6.47. The molecule has 1 aromatic carbocycles. The fourth-order valence-corrected chi connectivity index (χ4v) is 4.22. The van der Waals surface area contributed by atoms with Gasteiger partial charge in [-0.25, -0.2) is 0 Å². The van der Waals surface area contributed by atoms with Crippen LogP contribution < -0.4 is 10.2 Å². The van der Waals surface area contributed by atoms with Crippen LogP contribution in [0.5, 0.6) is 0 Å². The van der Waals surface area contributed by atoms with Crippen molar-refractivity contribution in [1.29, 1.82) is 0 Å². The topological polar surface area (TPSA) is 52.7 Å². The molecule has 0 aliphatic carbocycles. The van der Waals surface area contributed by atoms with Gasteiger partial charge in [0.15, 0.2) is 0 Å². The molecule has 0 aromatic heterocycles. The van der Waals surface area contributed by atoms with Crippen LogP contribution in [-0.2, 0) is 9.59 Å². The van der Waals surface area contributed by atoms with Gasteiger partial charge in [0, 0.05) is 37.5 Å². The molecular weight excluding hydrogens is 350 g/mol. The van der Waals surface area contributed by atoms with Gasteiger partial charge in [-0.3, -0.25) is 9.59 Å². The number of likely N-dealkylation sites (tertiary alicyclic amines) is 1. The number of nitrogens with zero attached hydrogens (tertiary/aromatic N) is 2. The highest BCUT2D eigenvalue weighted by Crippen LogP contribution is 2.30. The van der Waals surface area contributed by atoms with Crippen molar-refractivity contribution in [2.24, 2.45) is 11.3 Å². The Labute approximate surface area is 169 Å². The van der Waals surface area contributed by atoms with E-state index < -0.39 is 0 Å². The molecule has 1 aromatic rings. The maximum Gasteiger partial charge on any atom is 0.227 e. The molecule has 0 spiro atoms. The molecule has 154 valence electrons. The average Bonchev–Trinajstić information content (AvgIpc) is 2.96. The lowest BCUT2D eigenvalue weighted by Gasteiger charge is -2.35. The van der Waals surface area contributed by atoms with Gasteiger partial charge in [0.1, 0.15) is 0 Å². The third-order valence-electron chi connectivity index (χ3n) is 5.90. The van der Waals surface area contributed by atoms with Crippen LogP contribution >= 0.6 is 0 Å². The van der Waals surface area contributed by atoms with Crippen LogP contribution in [-0.4, -0.2) is 42.9 Å².